The maximum Gasteiger partial charge on any atom is 0.301 e. The number of aliphatic hydroxyl groups excluding tert-OH is 1. The predicted molar refractivity (Wildman–Crippen MR) is 140 cm³/mol. The number of anilines is 1. The van der Waals surface area contributed by atoms with Crippen LogP contribution in [0, 0.1) is 5.82 Å². The molecule has 1 N–H and O–H groups in total. The van der Waals surface area contributed by atoms with Crippen molar-refractivity contribution < 1.29 is 28.6 Å². The number of hydrogen-bond acceptors (Lipinski definition) is 7. The van der Waals surface area contributed by atoms with Crippen LogP contribution in [0.3, 0.4) is 0 Å². The number of nitrogens with zero attached hydrogens (tertiary/aromatic N) is 2. The van der Waals surface area contributed by atoms with Crippen LogP contribution in [-0.4, -0.2) is 36.0 Å². The molecule has 1 aliphatic rings. The number of aromatic nitrogens is 1. The van der Waals surface area contributed by atoms with E-state index in [-0.39, 0.29) is 32.1 Å². The molecule has 0 aliphatic carbocycles. The molecular weight excluding hydrogens is 542 g/mol. The van der Waals surface area contributed by atoms with Crippen molar-refractivity contribution in [2.45, 2.75) is 6.04 Å². The van der Waals surface area contributed by atoms with Crippen molar-refractivity contribution in [1.29, 1.82) is 0 Å². The molecule has 5 rings (SSSR count). The predicted octanol–water partition coefficient (Wildman–Crippen LogP) is 6.39. The lowest BCUT2D eigenvalue weighted by molar-refractivity contribution is -0.132. The van der Waals surface area contributed by atoms with Gasteiger partial charge < -0.3 is 14.6 Å². The number of thiazole rings is 1. The van der Waals surface area contributed by atoms with Crippen LogP contribution in [0.15, 0.2) is 60.2 Å². The maximum atomic E-state index is 13.8. The summed E-state index contributed by atoms with van der Waals surface area (Å²) >= 11 is 13.5. The highest BCUT2D eigenvalue weighted by Crippen LogP contribution is 2.46. The SMILES string of the molecule is COc1ccc(C2/C(=C(\O)c3cc(Cl)cc(Cl)c3OC)C(=O)C(=O)N2c2nc3ccc(F)cc3s2)cc1. The van der Waals surface area contributed by atoms with Crippen molar-refractivity contribution in [2.24, 2.45) is 0 Å². The number of ether oxygens (including phenoxy) is 2. The van der Waals surface area contributed by atoms with Gasteiger partial charge in [0.25, 0.3) is 5.78 Å². The van der Waals surface area contributed by atoms with E-state index in [1.165, 1.54) is 49.5 Å². The minimum Gasteiger partial charge on any atom is -0.507 e. The molecule has 0 radical (unpaired) electrons. The number of methoxy groups -OCH3 is 2. The van der Waals surface area contributed by atoms with Gasteiger partial charge in [-0.15, -0.1) is 0 Å². The Balaban J connectivity index is 1.77. The number of benzene rings is 3. The molecule has 11 heteroatoms. The first kappa shape index (κ1) is 25.0. The Hall–Kier alpha value is -3.66. The molecule has 1 unspecified atom stereocenters. The van der Waals surface area contributed by atoms with Gasteiger partial charge in [-0.2, -0.15) is 0 Å². The van der Waals surface area contributed by atoms with Crippen LogP contribution in [-0.2, 0) is 9.59 Å². The lowest BCUT2D eigenvalue weighted by Gasteiger charge is -2.23. The molecule has 0 bridgehead atoms. The molecule has 188 valence electrons. The third kappa shape index (κ3) is 4.29. The molecule has 7 nitrogen and oxygen atoms in total. The normalized spacial score (nSPS) is 17.0. The number of amides is 1. The fraction of sp³-hybridized carbons (Fsp3) is 0.115. The first-order valence-electron chi connectivity index (χ1n) is 10.8. The van der Waals surface area contributed by atoms with Crippen molar-refractivity contribution in [3.63, 3.8) is 0 Å². The number of rotatable bonds is 5. The zero-order valence-electron chi connectivity index (χ0n) is 19.3. The lowest BCUT2D eigenvalue weighted by atomic mass is 9.95. The van der Waals surface area contributed by atoms with Crippen molar-refractivity contribution in [2.75, 3.05) is 19.1 Å². The average Bonchev–Trinajstić information content (AvgIpc) is 3.40. The van der Waals surface area contributed by atoms with Gasteiger partial charge in [0.05, 0.1) is 46.6 Å². The van der Waals surface area contributed by atoms with E-state index in [1.54, 1.807) is 24.3 Å². The van der Waals surface area contributed by atoms with Crippen molar-refractivity contribution >= 4 is 67.3 Å². The topological polar surface area (TPSA) is 89.0 Å². The van der Waals surface area contributed by atoms with E-state index < -0.39 is 29.3 Å². The molecule has 4 aromatic rings. The summed E-state index contributed by atoms with van der Waals surface area (Å²) in [5.74, 6) is -2.19. The summed E-state index contributed by atoms with van der Waals surface area (Å²) in [5, 5.41) is 11.9. The highest BCUT2D eigenvalue weighted by atomic mass is 35.5. The van der Waals surface area contributed by atoms with E-state index >= 15 is 0 Å². The summed E-state index contributed by atoms with van der Waals surface area (Å²) in [7, 11) is 2.86. The molecule has 1 aliphatic heterocycles. The molecule has 1 saturated heterocycles. The first-order valence-corrected chi connectivity index (χ1v) is 12.3. The van der Waals surface area contributed by atoms with Crippen LogP contribution in [0.25, 0.3) is 16.0 Å². The number of carbonyl (C=O) groups excluding carboxylic acids is 2. The minimum absolute atomic E-state index is 0.0443. The zero-order chi connectivity index (χ0) is 26.4. The van der Waals surface area contributed by atoms with Gasteiger partial charge in [0.15, 0.2) is 5.13 Å². The molecule has 1 atom stereocenters. The summed E-state index contributed by atoms with van der Waals surface area (Å²) in [4.78, 5) is 32.5. The summed E-state index contributed by atoms with van der Waals surface area (Å²) in [6.07, 6.45) is 0. The summed E-state index contributed by atoms with van der Waals surface area (Å²) < 4.78 is 24.9. The zero-order valence-corrected chi connectivity index (χ0v) is 21.6. The molecule has 1 fully saturated rings. The van der Waals surface area contributed by atoms with Crippen LogP contribution in [0.5, 0.6) is 11.5 Å². The molecule has 1 amide bonds. The molecule has 2 heterocycles. The molecule has 37 heavy (non-hydrogen) atoms. The highest BCUT2D eigenvalue weighted by Gasteiger charge is 2.48. The van der Waals surface area contributed by atoms with E-state index in [9.17, 15) is 19.1 Å². The molecular formula is C26H17Cl2FN2O5S. The van der Waals surface area contributed by atoms with Gasteiger partial charge in [0.2, 0.25) is 0 Å². The number of ketones is 1. The number of aliphatic hydroxyl groups is 1. The quantitative estimate of drug-likeness (QED) is 0.173. The molecule has 3 aromatic carbocycles. The van der Waals surface area contributed by atoms with Gasteiger partial charge in [0.1, 0.15) is 23.1 Å². The number of Topliss-reactive ketones (excluding diaryl/α,β-unsaturated/α-hetero) is 1. The monoisotopic (exact) mass is 558 g/mol. The summed E-state index contributed by atoms with van der Waals surface area (Å²) in [5.41, 5.74) is 0.791. The van der Waals surface area contributed by atoms with Crippen LogP contribution in [0.4, 0.5) is 9.52 Å². The Bertz CT molecular complexity index is 1600. The Kier molecular flexibility index (Phi) is 6.53. The third-order valence-electron chi connectivity index (χ3n) is 5.89. The van der Waals surface area contributed by atoms with Gasteiger partial charge in [-0.25, -0.2) is 9.37 Å². The Morgan fingerprint density at radius 2 is 1.78 bits per heavy atom. The van der Waals surface area contributed by atoms with Gasteiger partial charge in [-0.1, -0.05) is 46.7 Å². The van der Waals surface area contributed by atoms with Gasteiger partial charge in [-0.05, 0) is 48.0 Å². The smallest absolute Gasteiger partial charge is 0.301 e. The van der Waals surface area contributed by atoms with E-state index in [0.29, 0.717) is 21.5 Å². The second kappa shape index (κ2) is 9.66. The van der Waals surface area contributed by atoms with Crippen molar-refractivity contribution in [3.05, 3.63) is 87.2 Å². The van der Waals surface area contributed by atoms with Crippen molar-refractivity contribution in [1.82, 2.24) is 4.98 Å². The third-order valence-corrected chi connectivity index (χ3v) is 7.41. The largest absolute Gasteiger partial charge is 0.507 e. The van der Waals surface area contributed by atoms with Crippen LogP contribution >= 0.6 is 34.5 Å². The number of hydrogen-bond donors (Lipinski definition) is 1. The second-order valence-corrected chi connectivity index (χ2v) is 9.87. The second-order valence-electron chi connectivity index (χ2n) is 8.02. The average molecular weight is 559 g/mol. The minimum atomic E-state index is -1.07. The fourth-order valence-corrected chi connectivity index (χ4v) is 5.80. The number of fused-ring (bicyclic) bond motifs is 1. The first-order chi connectivity index (χ1) is 17.7. The Morgan fingerprint density at radius 1 is 1.05 bits per heavy atom. The van der Waals surface area contributed by atoms with Gasteiger partial charge in [-0.3, -0.25) is 14.5 Å². The maximum absolute atomic E-state index is 13.8. The van der Waals surface area contributed by atoms with E-state index in [0.717, 1.165) is 11.3 Å². The van der Waals surface area contributed by atoms with E-state index in [4.69, 9.17) is 32.7 Å². The Morgan fingerprint density at radius 3 is 2.46 bits per heavy atom. The number of halogens is 3. The summed E-state index contributed by atoms with van der Waals surface area (Å²) in [6.45, 7) is 0. The standard InChI is InChI=1S/C26H17Cl2FN2O5S/c1-35-15-6-3-12(4-7-15)21-20(22(32)16-9-13(27)10-17(28)24(16)36-2)23(33)25(34)31(21)26-30-18-8-5-14(29)11-19(18)37-26/h3-11,21,32H,1-2H3/b22-20+. The lowest BCUT2D eigenvalue weighted by Crippen LogP contribution is -2.29. The van der Waals surface area contributed by atoms with Crippen LogP contribution < -0.4 is 14.4 Å². The van der Waals surface area contributed by atoms with Crippen LogP contribution in [0.2, 0.25) is 10.0 Å². The highest BCUT2D eigenvalue weighted by molar-refractivity contribution is 7.22. The van der Waals surface area contributed by atoms with Gasteiger partial charge >= 0.3 is 5.91 Å². The number of carbonyl (C=O) groups is 2. The molecule has 1 aromatic heterocycles. The molecule has 0 saturated carbocycles. The van der Waals surface area contributed by atoms with Gasteiger partial charge in [0, 0.05) is 5.02 Å². The Labute approximate surface area is 224 Å². The summed E-state index contributed by atoms with van der Waals surface area (Å²) in [6, 6.07) is 12.5. The van der Waals surface area contributed by atoms with Crippen molar-refractivity contribution in [3.8, 4) is 11.5 Å². The van der Waals surface area contributed by atoms with Crippen LogP contribution in [0.1, 0.15) is 17.2 Å². The molecule has 0 spiro atoms. The van der Waals surface area contributed by atoms with E-state index in [2.05, 4.69) is 4.98 Å². The fourth-order valence-electron chi connectivity index (χ4n) is 4.21. The van der Waals surface area contributed by atoms with E-state index in [1.807, 2.05) is 0 Å².